The maximum absolute atomic E-state index is 13.0. The number of fused-ring (bicyclic) bond motifs is 1. The van der Waals surface area contributed by atoms with Crippen LogP contribution in [0.15, 0.2) is 77.2 Å². The molecular weight excluding hydrogens is 398 g/mol. The number of rotatable bonds is 4. The van der Waals surface area contributed by atoms with Gasteiger partial charge in [-0.15, -0.1) is 0 Å². The van der Waals surface area contributed by atoms with Gasteiger partial charge in [-0.1, -0.05) is 62.4 Å². The van der Waals surface area contributed by atoms with Crippen LogP contribution >= 0.6 is 0 Å². The summed E-state index contributed by atoms with van der Waals surface area (Å²) in [5.41, 5.74) is 5.86. The number of carbonyl (C=O) groups excluding carboxylic acids is 1. The van der Waals surface area contributed by atoms with Crippen molar-refractivity contribution in [2.24, 2.45) is 0 Å². The second kappa shape index (κ2) is 8.50. The minimum atomic E-state index is -0.155. The van der Waals surface area contributed by atoms with Crippen LogP contribution in [0.25, 0.3) is 22.2 Å². The Morgan fingerprint density at radius 2 is 1.81 bits per heavy atom. The molecule has 0 bridgehead atoms. The molecule has 5 heteroatoms. The third-order valence-electron chi connectivity index (χ3n) is 6.14. The Morgan fingerprint density at radius 1 is 1.03 bits per heavy atom. The van der Waals surface area contributed by atoms with Crippen LogP contribution < -0.4 is 5.32 Å². The molecule has 0 aliphatic carbocycles. The maximum atomic E-state index is 13.0. The minimum absolute atomic E-state index is 0.114. The van der Waals surface area contributed by atoms with E-state index in [1.54, 1.807) is 0 Å². The van der Waals surface area contributed by atoms with Crippen molar-refractivity contribution in [2.45, 2.75) is 38.6 Å². The Bertz CT molecular complexity index is 1230. The molecule has 1 saturated heterocycles. The monoisotopic (exact) mass is 425 g/mol. The van der Waals surface area contributed by atoms with Crippen LogP contribution in [0.5, 0.6) is 0 Å². The summed E-state index contributed by atoms with van der Waals surface area (Å²) in [5, 5.41) is 3.03. The van der Waals surface area contributed by atoms with E-state index in [1.807, 2.05) is 53.4 Å². The van der Waals surface area contributed by atoms with Crippen molar-refractivity contribution >= 4 is 22.8 Å². The molecule has 2 amide bonds. The number of carbonyl (C=O) groups is 1. The van der Waals surface area contributed by atoms with Gasteiger partial charge in [0, 0.05) is 12.2 Å². The quantitative estimate of drug-likeness (QED) is 0.383. The van der Waals surface area contributed by atoms with Gasteiger partial charge in [0.2, 0.25) is 5.89 Å². The van der Waals surface area contributed by atoms with E-state index in [0.717, 1.165) is 40.8 Å². The first-order valence-electron chi connectivity index (χ1n) is 11.2. The van der Waals surface area contributed by atoms with Crippen LogP contribution in [-0.2, 0) is 0 Å². The number of anilines is 1. The lowest BCUT2D eigenvalue weighted by Gasteiger charge is -2.22. The highest BCUT2D eigenvalue weighted by Gasteiger charge is 2.33. The van der Waals surface area contributed by atoms with Crippen LogP contribution in [0.4, 0.5) is 10.5 Å². The van der Waals surface area contributed by atoms with Crippen LogP contribution in [-0.4, -0.2) is 22.5 Å². The van der Waals surface area contributed by atoms with Crippen molar-refractivity contribution in [3.05, 3.63) is 84.3 Å². The molecule has 1 atom stereocenters. The van der Waals surface area contributed by atoms with Gasteiger partial charge in [0.05, 0.1) is 0 Å². The molecule has 0 spiro atoms. The number of nitrogens with zero attached hydrogens (tertiary/aromatic N) is 2. The lowest BCUT2D eigenvalue weighted by Crippen LogP contribution is -2.34. The largest absolute Gasteiger partial charge is 0.438 e. The van der Waals surface area contributed by atoms with Crippen molar-refractivity contribution < 1.29 is 9.21 Å². The molecule has 1 aromatic heterocycles. The third-order valence-corrected chi connectivity index (χ3v) is 6.14. The predicted octanol–water partition coefficient (Wildman–Crippen LogP) is 6.99. The van der Waals surface area contributed by atoms with E-state index in [-0.39, 0.29) is 12.1 Å². The average molecular weight is 426 g/mol. The summed E-state index contributed by atoms with van der Waals surface area (Å²) in [7, 11) is 0. The van der Waals surface area contributed by atoms with Gasteiger partial charge in [-0.3, -0.25) is 0 Å². The molecule has 162 valence electrons. The van der Waals surface area contributed by atoms with E-state index < -0.39 is 0 Å². The van der Waals surface area contributed by atoms with Crippen LogP contribution in [0.2, 0.25) is 0 Å². The van der Waals surface area contributed by atoms with E-state index in [4.69, 9.17) is 9.40 Å². The van der Waals surface area contributed by atoms with E-state index >= 15 is 0 Å². The predicted molar refractivity (Wildman–Crippen MR) is 128 cm³/mol. The second-order valence-electron chi connectivity index (χ2n) is 8.66. The first kappa shape index (κ1) is 20.3. The number of aromatic nitrogens is 1. The second-order valence-corrected chi connectivity index (χ2v) is 8.66. The first-order valence-corrected chi connectivity index (χ1v) is 11.2. The van der Waals surface area contributed by atoms with E-state index in [1.165, 1.54) is 5.56 Å². The fraction of sp³-hybridized carbons (Fsp3) is 0.259. The van der Waals surface area contributed by atoms with Gasteiger partial charge in [0.15, 0.2) is 5.58 Å². The molecule has 3 aromatic carbocycles. The molecule has 0 radical (unpaired) electrons. The van der Waals surface area contributed by atoms with Crippen molar-refractivity contribution in [3.63, 3.8) is 0 Å². The number of urea groups is 1. The summed E-state index contributed by atoms with van der Waals surface area (Å²) < 4.78 is 6.08. The van der Waals surface area contributed by atoms with Crippen LogP contribution in [0.1, 0.15) is 50.1 Å². The van der Waals surface area contributed by atoms with Crippen molar-refractivity contribution in [1.82, 2.24) is 9.88 Å². The molecular formula is C27H27N3O2. The van der Waals surface area contributed by atoms with Crippen molar-refractivity contribution in [1.29, 1.82) is 0 Å². The first-order chi connectivity index (χ1) is 15.6. The van der Waals surface area contributed by atoms with Gasteiger partial charge < -0.3 is 14.6 Å². The van der Waals surface area contributed by atoms with Gasteiger partial charge in [-0.05, 0) is 59.7 Å². The number of likely N-dealkylation sites (tertiary alicyclic amines) is 1. The number of hydrogen-bond acceptors (Lipinski definition) is 3. The van der Waals surface area contributed by atoms with E-state index in [2.05, 4.69) is 43.4 Å². The topological polar surface area (TPSA) is 58.4 Å². The zero-order valence-electron chi connectivity index (χ0n) is 18.4. The Balaban J connectivity index is 1.36. The summed E-state index contributed by atoms with van der Waals surface area (Å²) >= 11 is 0. The molecule has 1 N–H and O–H groups in total. The highest BCUT2D eigenvalue weighted by atomic mass is 16.4. The van der Waals surface area contributed by atoms with Gasteiger partial charge in [-0.25, -0.2) is 9.78 Å². The Morgan fingerprint density at radius 3 is 2.56 bits per heavy atom. The summed E-state index contributed by atoms with van der Waals surface area (Å²) in [4.78, 5) is 19.6. The van der Waals surface area contributed by atoms with E-state index in [0.29, 0.717) is 18.4 Å². The molecule has 32 heavy (non-hydrogen) atoms. The van der Waals surface area contributed by atoms with Gasteiger partial charge >= 0.3 is 6.03 Å². The Labute approximate surface area is 188 Å². The summed E-state index contributed by atoms with van der Waals surface area (Å²) in [6.07, 6.45) is 1.77. The molecule has 5 nitrogen and oxygen atoms in total. The third kappa shape index (κ3) is 3.98. The van der Waals surface area contributed by atoms with Crippen LogP contribution in [0, 0.1) is 0 Å². The normalized spacial score (nSPS) is 16.1. The lowest BCUT2D eigenvalue weighted by molar-refractivity contribution is 0.199. The standard InChI is InChI=1S/C27H27N3O2/c1-18(2)19-10-13-22(14-11-19)28-27(31)30-16-6-9-24(30)26-29-23-17-21(12-15-25(23)32-26)20-7-4-3-5-8-20/h3-5,7-8,10-15,17-18,24H,6,9,16H2,1-2H3,(H,28,31). The highest BCUT2D eigenvalue weighted by Crippen LogP contribution is 2.34. The molecule has 1 aliphatic rings. The van der Waals surface area contributed by atoms with Crippen molar-refractivity contribution in [2.75, 3.05) is 11.9 Å². The molecule has 5 rings (SSSR count). The summed E-state index contributed by atoms with van der Waals surface area (Å²) in [6, 6.07) is 24.1. The average Bonchev–Trinajstić information content (AvgIpc) is 3.46. The zero-order valence-corrected chi connectivity index (χ0v) is 18.4. The fourth-order valence-electron chi connectivity index (χ4n) is 4.31. The number of amides is 2. The number of oxazole rings is 1. The Kier molecular flexibility index (Phi) is 5.39. The summed E-state index contributed by atoms with van der Waals surface area (Å²) in [6.45, 7) is 5.01. The van der Waals surface area contributed by atoms with Gasteiger partial charge in [-0.2, -0.15) is 0 Å². The maximum Gasteiger partial charge on any atom is 0.322 e. The molecule has 0 saturated carbocycles. The van der Waals surface area contributed by atoms with Crippen molar-refractivity contribution in [3.8, 4) is 11.1 Å². The minimum Gasteiger partial charge on any atom is -0.438 e. The molecule has 4 aromatic rings. The fourth-order valence-corrected chi connectivity index (χ4v) is 4.31. The summed E-state index contributed by atoms with van der Waals surface area (Å²) in [5.74, 6) is 1.07. The van der Waals surface area contributed by atoms with Crippen LogP contribution in [0.3, 0.4) is 0 Å². The number of benzene rings is 3. The highest BCUT2D eigenvalue weighted by molar-refractivity contribution is 5.90. The SMILES string of the molecule is CC(C)c1ccc(NC(=O)N2CCCC2c2nc3cc(-c4ccccc4)ccc3o2)cc1. The van der Waals surface area contributed by atoms with E-state index in [9.17, 15) is 4.79 Å². The number of hydrogen-bond donors (Lipinski definition) is 1. The number of nitrogens with one attached hydrogen (secondary N) is 1. The molecule has 1 unspecified atom stereocenters. The Hall–Kier alpha value is -3.60. The molecule has 1 aliphatic heterocycles. The molecule has 1 fully saturated rings. The smallest absolute Gasteiger partial charge is 0.322 e. The van der Waals surface area contributed by atoms with Gasteiger partial charge in [0.25, 0.3) is 0 Å². The van der Waals surface area contributed by atoms with Gasteiger partial charge in [0.1, 0.15) is 11.6 Å². The molecule has 2 heterocycles. The zero-order chi connectivity index (χ0) is 22.1. The lowest BCUT2D eigenvalue weighted by atomic mass is 10.0.